The number of aliphatic imine (C=N–C) groups is 2. The summed E-state index contributed by atoms with van der Waals surface area (Å²) in [6, 6.07) is 9.92. The second kappa shape index (κ2) is 7.89. The van der Waals surface area contributed by atoms with Gasteiger partial charge in [0.1, 0.15) is 5.69 Å². The zero-order chi connectivity index (χ0) is 18.6. The van der Waals surface area contributed by atoms with Gasteiger partial charge in [0.15, 0.2) is 5.71 Å². The molecule has 0 unspecified atom stereocenters. The Hall–Kier alpha value is -2.05. The van der Waals surface area contributed by atoms with Crippen molar-refractivity contribution in [2.75, 3.05) is 14.1 Å². The van der Waals surface area contributed by atoms with Crippen LogP contribution in [0.3, 0.4) is 0 Å². The summed E-state index contributed by atoms with van der Waals surface area (Å²) in [7, 11) is 3.53. The number of benzene rings is 2. The van der Waals surface area contributed by atoms with Crippen molar-refractivity contribution in [2.45, 2.75) is 6.18 Å². The summed E-state index contributed by atoms with van der Waals surface area (Å²) in [6.07, 6.45) is -3.14. The van der Waals surface area contributed by atoms with E-state index in [4.69, 9.17) is 23.2 Å². The Kier molecular flexibility index (Phi) is 6.08. The third-order valence-corrected chi connectivity index (χ3v) is 3.55. The molecule has 0 aromatic heterocycles. The molecule has 132 valence electrons. The first-order chi connectivity index (χ1) is 11.7. The van der Waals surface area contributed by atoms with Crippen molar-refractivity contribution in [1.82, 2.24) is 4.90 Å². The first-order valence-electron chi connectivity index (χ1n) is 7.09. The maximum absolute atomic E-state index is 13.4. The van der Waals surface area contributed by atoms with Gasteiger partial charge >= 0.3 is 6.18 Å². The second-order valence-corrected chi connectivity index (χ2v) is 6.10. The zero-order valence-corrected chi connectivity index (χ0v) is 14.9. The molecule has 2 aromatic rings. The number of alkyl halides is 3. The highest BCUT2D eigenvalue weighted by atomic mass is 35.5. The molecule has 0 saturated heterocycles. The molecule has 0 aliphatic carbocycles. The Labute approximate surface area is 153 Å². The van der Waals surface area contributed by atoms with E-state index in [2.05, 4.69) is 9.98 Å². The minimum atomic E-state index is -4.62. The molecule has 25 heavy (non-hydrogen) atoms. The maximum Gasteiger partial charge on any atom is 0.433 e. The largest absolute Gasteiger partial charge is 0.433 e. The zero-order valence-electron chi connectivity index (χ0n) is 13.4. The van der Waals surface area contributed by atoms with Gasteiger partial charge in [-0.15, -0.1) is 0 Å². The smallest absolute Gasteiger partial charge is 0.369 e. The molecule has 0 heterocycles. The third-order valence-electron chi connectivity index (χ3n) is 2.98. The van der Waals surface area contributed by atoms with Crippen LogP contribution in [0.5, 0.6) is 0 Å². The van der Waals surface area contributed by atoms with Crippen LogP contribution in [0.25, 0.3) is 0 Å². The first-order valence-corrected chi connectivity index (χ1v) is 7.85. The standard InChI is InChI=1S/C17H14Cl2F3N3/c1-25(2)10-23-15-13(18)8-12(9-14(15)19)24-16(17(20,21)22)11-6-4-3-5-7-11/h3-10H,1-2H3. The van der Waals surface area contributed by atoms with Gasteiger partial charge in [-0.05, 0) is 12.1 Å². The number of halogens is 5. The molecule has 0 amide bonds. The maximum atomic E-state index is 13.4. The SMILES string of the molecule is CN(C)C=Nc1c(Cl)cc(N=C(c2ccccc2)C(F)(F)F)cc1Cl. The highest BCUT2D eigenvalue weighted by molar-refractivity contribution is 6.39. The van der Waals surface area contributed by atoms with Crippen molar-refractivity contribution in [3.05, 3.63) is 58.1 Å². The van der Waals surface area contributed by atoms with Crippen LogP contribution in [0, 0.1) is 0 Å². The predicted molar refractivity (Wildman–Crippen MR) is 97.0 cm³/mol. The van der Waals surface area contributed by atoms with E-state index >= 15 is 0 Å². The van der Waals surface area contributed by atoms with Crippen molar-refractivity contribution in [3.63, 3.8) is 0 Å². The van der Waals surface area contributed by atoms with Crippen LogP contribution in [-0.2, 0) is 0 Å². The molecule has 2 rings (SSSR count). The van der Waals surface area contributed by atoms with E-state index < -0.39 is 11.9 Å². The van der Waals surface area contributed by atoms with E-state index in [0.717, 1.165) is 0 Å². The van der Waals surface area contributed by atoms with Gasteiger partial charge in [-0.25, -0.2) is 9.98 Å². The fourth-order valence-electron chi connectivity index (χ4n) is 1.93. The van der Waals surface area contributed by atoms with E-state index in [1.807, 2.05) is 0 Å². The molecule has 0 atom stereocenters. The molecule has 0 N–H and O–H groups in total. The average molecular weight is 388 g/mol. The van der Waals surface area contributed by atoms with Gasteiger partial charge in [0.25, 0.3) is 0 Å². The minimum Gasteiger partial charge on any atom is -0.369 e. The van der Waals surface area contributed by atoms with E-state index in [-0.39, 0.29) is 27.0 Å². The van der Waals surface area contributed by atoms with Gasteiger partial charge in [-0.3, -0.25) is 0 Å². The van der Waals surface area contributed by atoms with Crippen LogP contribution in [-0.4, -0.2) is 37.2 Å². The predicted octanol–water partition coefficient (Wildman–Crippen LogP) is 5.90. The van der Waals surface area contributed by atoms with Crippen LogP contribution in [0.4, 0.5) is 24.5 Å². The Morgan fingerprint density at radius 1 is 1.04 bits per heavy atom. The second-order valence-electron chi connectivity index (χ2n) is 5.29. The Morgan fingerprint density at radius 2 is 1.60 bits per heavy atom. The molecular weight excluding hydrogens is 374 g/mol. The molecule has 2 aromatic carbocycles. The quantitative estimate of drug-likeness (QED) is 0.474. The van der Waals surface area contributed by atoms with Crippen molar-refractivity contribution in [2.24, 2.45) is 9.98 Å². The van der Waals surface area contributed by atoms with E-state index in [0.29, 0.717) is 0 Å². The molecule has 0 fully saturated rings. The van der Waals surface area contributed by atoms with E-state index in [1.165, 1.54) is 42.7 Å². The van der Waals surface area contributed by atoms with Crippen LogP contribution in [0.1, 0.15) is 5.56 Å². The van der Waals surface area contributed by atoms with Crippen LogP contribution in [0.15, 0.2) is 52.4 Å². The molecule has 8 heteroatoms. The number of nitrogens with zero attached hydrogens (tertiary/aromatic N) is 3. The van der Waals surface area contributed by atoms with Crippen LogP contribution >= 0.6 is 23.2 Å². The van der Waals surface area contributed by atoms with Crippen molar-refractivity contribution in [1.29, 1.82) is 0 Å². The number of hydrogen-bond donors (Lipinski definition) is 0. The van der Waals surface area contributed by atoms with E-state index in [9.17, 15) is 13.2 Å². The summed E-state index contributed by atoms with van der Waals surface area (Å²) in [5.41, 5.74) is -0.805. The molecule has 0 radical (unpaired) electrons. The normalized spacial score (nSPS) is 12.7. The summed E-state index contributed by atoms with van der Waals surface area (Å²) in [5, 5.41) is 0.220. The Morgan fingerprint density at radius 3 is 2.08 bits per heavy atom. The summed E-state index contributed by atoms with van der Waals surface area (Å²) in [6.45, 7) is 0. The van der Waals surface area contributed by atoms with Gasteiger partial charge in [0, 0.05) is 19.7 Å². The lowest BCUT2D eigenvalue weighted by Gasteiger charge is -2.12. The fraction of sp³-hybridized carbons (Fsp3) is 0.176. The molecule has 0 saturated carbocycles. The summed E-state index contributed by atoms with van der Waals surface area (Å²) in [5.74, 6) is 0. The Bertz CT molecular complexity index is 778. The van der Waals surface area contributed by atoms with Crippen LogP contribution < -0.4 is 0 Å². The molecule has 0 aliphatic rings. The topological polar surface area (TPSA) is 28.0 Å². The number of hydrogen-bond acceptors (Lipinski definition) is 2. The minimum absolute atomic E-state index is 0.00465. The summed E-state index contributed by atoms with van der Waals surface area (Å²) in [4.78, 5) is 9.49. The van der Waals surface area contributed by atoms with Gasteiger partial charge in [0.05, 0.1) is 22.1 Å². The fourth-order valence-corrected chi connectivity index (χ4v) is 2.50. The van der Waals surface area contributed by atoms with E-state index in [1.54, 1.807) is 25.1 Å². The third kappa shape index (κ3) is 5.21. The monoisotopic (exact) mass is 387 g/mol. The van der Waals surface area contributed by atoms with Gasteiger partial charge in [0.2, 0.25) is 0 Å². The lowest BCUT2D eigenvalue weighted by molar-refractivity contribution is -0.0579. The lowest BCUT2D eigenvalue weighted by atomic mass is 10.1. The van der Waals surface area contributed by atoms with Crippen molar-refractivity contribution >= 4 is 46.6 Å². The van der Waals surface area contributed by atoms with Crippen molar-refractivity contribution < 1.29 is 13.2 Å². The van der Waals surface area contributed by atoms with Gasteiger partial charge in [-0.2, -0.15) is 13.2 Å². The molecule has 0 spiro atoms. The first kappa shape index (κ1) is 19.3. The average Bonchev–Trinajstić information content (AvgIpc) is 2.51. The Balaban J connectivity index is 2.51. The molecule has 0 bridgehead atoms. The highest BCUT2D eigenvalue weighted by Gasteiger charge is 2.36. The lowest BCUT2D eigenvalue weighted by Crippen LogP contribution is -2.23. The van der Waals surface area contributed by atoms with Crippen LogP contribution in [0.2, 0.25) is 10.0 Å². The number of rotatable bonds is 4. The molecule has 3 nitrogen and oxygen atoms in total. The molecular formula is C17H14Cl2F3N3. The van der Waals surface area contributed by atoms with Gasteiger partial charge in [-0.1, -0.05) is 53.5 Å². The molecule has 0 aliphatic heterocycles. The highest BCUT2D eigenvalue weighted by Crippen LogP contribution is 2.38. The van der Waals surface area contributed by atoms with Gasteiger partial charge < -0.3 is 4.90 Å². The summed E-state index contributed by atoms with van der Waals surface area (Å²) >= 11 is 12.2. The summed E-state index contributed by atoms with van der Waals surface area (Å²) < 4.78 is 40.1. The van der Waals surface area contributed by atoms with Crippen molar-refractivity contribution in [3.8, 4) is 0 Å².